The van der Waals surface area contributed by atoms with E-state index in [0.717, 1.165) is 5.39 Å². The number of nitrogens with one attached hydrogen (secondary N) is 1. The van der Waals surface area contributed by atoms with Gasteiger partial charge in [0.15, 0.2) is 0 Å². The van der Waals surface area contributed by atoms with Crippen molar-refractivity contribution in [1.82, 2.24) is 15.0 Å². The van der Waals surface area contributed by atoms with Gasteiger partial charge in [-0.05, 0) is 6.07 Å². The zero-order valence-electron chi connectivity index (χ0n) is 7.50. The van der Waals surface area contributed by atoms with Crippen LogP contribution in [-0.4, -0.2) is 15.0 Å². The highest BCUT2D eigenvalue weighted by molar-refractivity contribution is 6.34. The molecule has 0 aliphatic carbocycles. The maximum atomic E-state index is 5.75. The van der Waals surface area contributed by atoms with Crippen LogP contribution in [0.4, 0.5) is 5.95 Å². The Bertz CT molecular complexity index is 396. The highest BCUT2D eigenvalue weighted by Crippen LogP contribution is 2.18. The summed E-state index contributed by atoms with van der Waals surface area (Å²) < 4.78 is 0. The molecule has 0 fully saturated rings. The van der Waals surface area contributed by atoms with Gasteiger partial charge in [0.1, 0.15) is 10.8 Å². The summed E-state index contributed by atoms with van der Waals surface area (Å²) in [5.74, 6) is 0.185. The van der Waals surface area contributed by atoms with Gasteiger partial charge in [-0.25, -0.2) is 4.98 Å². The Morgan fingerprint density at radius 2 is 2.08 bits per heavy atom. The van der Waals surface area contributed by atoms with Crippen LogP contribution in [0.1, 0.15) is 13.8 Å². The fourth-order valence-corrected chi connectivity index (χ4v) is 1.16. The Kier molecular flexibility index (Phi) is 3.08. The third-order valence-electron chi connectivity index (χ3n) is 1.39. The molecule has 0 atom stereocenters. The van der Waals surface area contributed by atoms with Crippen LogP contribution < -0.4 is 5.73 Å². The van der Waals surface area contributed by atoms with Crippen LogP contribution in [0.25, 0.3) is 11.0 Å². The van der Waals surface area contributed by atoms with Crippen LogP contribution in [0.15, 0.2) is 12.3 Å². The monoisotopic (exact) mass is 198 g/mol. The number of hydrogen-bond acceptors (Lipinski definition) is 3. The maximum Gasteiger partial charge on any atom is 0.223 e. The molecule has 3 N–H and O–H groups in total. The summed E-state index contributed by atoms with van der Waals surface area (Å²) in [6, 6.07) is 1.80. The molecule has 0 aromatic carbocycles. The molecule has 70 valence electrons. The molecular formula is C8H11ClN4. The summed E-state index contributed by atoms with van der Waals surface area (Å²) in [7, 11) is 0. The number of H-pyrrole nitrogens is 1. The van der Waals surface area contributed by atoms with E-state index in [0.29, 0.717) is 10.8 Å². The SMILES string of the molecule is CC.Nc1nc(Cl)c2cc[nH]c2n1. The third kappa shape index (κ3) is 1.89. The minimum absolute atomic E-state index is 0.185. The third-order valence-corrected chi connectivity index (χ3v) is 1.67. The van der Waals surface area contributed by atoms with Gasteiger partial charge in [0.05, 0.1) is 5.39 Å². The molecule has 0 aliphatic rings. The smallest absolute Gasteiger partial charge is 0.223 e. The molecule has 0 saturated carbocycles. The molecule has 13 heavy (non-hydrogen) atoms. The average Bonchev–Trinajstić information content (AvgIpc) is 2.55. The fourth-order valence-electron chi connectivity index (χ4n) is 0.920. The van der Waals surface area contributed by atoms with Gasteiger partial charge in [0.2, 0.25) is 5.95 Å². The van der Waals surface area contributed by atoms with Crippen LogP contribution in [0.3, 0.4) is 0 Å². The van der Waals surface area contributed by atoms with Gasteiger partial charge in [0, 0.05) is 6.20 Å². The van der Waals surface area contributed by atoms with E-state index in [-0.39, 0.29) is 5.95 Å². The van der Waals surface area contributed by atoms with E-state index < -0.39 is 0 Å². The number of fused-ring (bicyclic) bond motifs is 1. The first-order valence-corrected chi connectivity index (χ1v) is 4.41. The number of aromatic amines is 1. The minimum atomic E-state index is 0.185. The van der Waals surface area contributed by atoms with Crippen LogP contribution in [0.2, 0.25) is 5.15 Å². The lowest BCUT2D eigenvalue weighted by atomic mass is 10.4. The second-order valence-electron chi connectivity index (χ2n) is 2.11. The van der Waals surface area contributed by atoms with Crippen molar-refractivity contribution in [2.75, 3.05) is 5.73 Å². The number of hydrogen-bond donors (Lipinski definition) is 2. The predicted molar refractivity (Wildman–Crippen MR) is 54.7 cm³/mol. The molecule has 2 aromatic rings. The van der Waals surface area contributed by atoms with Crippen molar-refractivity contribution in [3.8, 4) is 0 Å². The van der Waals surface area contributed by atoms with Gasteiger partial charge in [-0.15, -0.1) is 0 Å². The number of nitrogen functional groups attached to an aromatic ring is 1. The second kappa shape index (κ2) is 4.09. The largest absolute Gasteiger partial charge is 0.368 e. The normalized spacial score (nSPS) is 9.46. The molecule has 2 rings (SSSR count). The molecular weight excluding hydrogens is 188 g/mol. The molecule has 0 radical (unpaired) electrons. The molecule has 0 unspecified atom stereocenters. The van der Waals surface area contributed by atoms with Crippen molar-refractivity contribution in [3.05, 3.63) is 17.4 Å². The summed E-state index contributed by atoms with van der Waals surface area (Å²) in [5.41, 5.74) is 6.03. The van der Waals surface area contributed by atoms with Crippen molar-refractivity contribution >= 4 is 28.6 Å². The summed E-state index contributed by atoms with van der Waals surface area (Å²) >= 11 is 5.75. The van der Waals surface area contributed by atoms with Crippen molar-refractivity contribution < 1.29 is 0 Å². The summed E-state index contributed by atoms with van der Waals surface area (Å²) in [5, 5.41) is 1.18. The molecule has 2 heterocycles. The van der Waals surface area contributed by atoms with Crippen LogP contribution >= 0.6 is 11.6 Å². The van der Waals surface area contributed by atoms with E-state index in [1.807, 2.05) is 13.8 Å². The van der Waals surface area contributed by atoms with E-state index >= 15 is 0 Å². The second-order valence-corrected chi connectivity index (χ2v) is 2.47. The van der Waals surface area contributed by atoms with Crippen molar-refractivity contribution in [3.63, 3.8) is 0 Å². The number of aromatic nitrogens is 3. The van der Waals surface area contributed by atoms with Gasteiger partial charge in [-0.2, -0.15) is 4.98 Å². The summed E-state index contributed by atoms with van der Waals surface area (Å²) in [6.45, 7) is 4.00. The minimum Gasteiger partial charge on any atom is -0.368 e. The Morgan fingerprint density at radius 3 is 2.77 bits per heavy atom. The van der Waals surface area contributed by atoms with E-state index in [2.05, 4.69) is 15.0 Å². The number of rotatable bonds is 0. The Hall–Kier alpha value is -1.29. The summed E-state index contributed by atoms with van der Waals surface area (Å²) in [4.78, 5) is 10.6. The Labute approximate surface area is 81.1 Å². The first-order valence-electron chi connectivity index (χ1n) is 4.03. The lowest BCUT2D eigenvalue weighted by Gasteiger charge is -1.93. The lowest BCUT2D eigenvalue weighted by Crippen LogP contribution is -1.94. The van der Waals surface area contributed by atoms with Gasteiger partial charge in [-0.3, -0.25) is 0 Å². The van der Waals surface area contributed by atoms with Crippen LogP contribution in [0.5, 0.6) is 0 Å². The van der Waals surface area contributed by atoms with E-state index in [1.165, 1.54) is 0 Å². The molecule has 0 aliphatic heterocycles. The molecule has 2 aromatic heterocycles. The van der Waals surface area contributed by atoms with E-state index in [9.17, 15) is 0 Å². The van der Waals surface area contributed by atoms with Gasteiger partial charge < -0.3 is 10.7 Å². The quantitative estimate of drug-likeness (QED) is 0.638. The number of halogens is 1. The average molecular weight is 199 g/mol. The standard InChI is InChI=1S/C6H5ClN4.C2H6/c7-4-3-1-2-9-5(3)11-6(8)10-4;1-2/h1-2H,(H3,8,9,10,11);1-2H3. The number of nitrogens with zero attached hydrogens (tertiary/aromatic N) is 2. The van der Waals surface area contributed by atoms with E-state index in [1.54, 1.807) is 12.3 Å². The zero-order valence-corrected chi connectivity index (χ0v) is 8.26. The van der Waals surface area contributed by atoms with Crippen molar-refractivity contribution in [2.24, 2.45) is 0 Å². The Morgan fingerprint density at radius 1 is 1.38 bits per heavy atom. The predicted octanol–water partition coefficient (Wildman–Crippen LogP) is 2.22. The first-order chi connectivity index (χ1) is 6.27. The number of anilines is 1. The topological polar surface area (TPSA) is 67.6 Å². The lowest BCUT2D eigenvalue weighted by molar-refractivity contribution is 1.22. The molecule has 0 bridgehead atoms. The number of nitrogens with two attached hydrogens (primary N) is 1. The fraction of sp³-hybridized carbons (Fsp3) is 0.250. The highest BCUT2D eigenvalue weighted by atomic mass is 35.5. The van der Waals surface area contributed by atoms with Gasteiger partial charge >= 0.3 is 0 Å². The molecule has 5 heteroatoms. The van der Waals surface area contributed by atoms with Crippen molar-refractivity contribution in [1.29, 1.82) is 0 Å². The molecule has 0 amide bonds. The maximum absolute atomic E-state index is 5.75. The Balaban J connectivity index is 0.000000396. The molecule has 0 spiro atoms. The summed E-state index contributed by atoms with van der Waals surface area (Å²) in [6.07, 6.45) is 1.74. The van der Waals surface area contributed by atoms with Gasteiger partial charge in [-0.1, -0.05) is 25.4 Å². The molecule has 4 nitrogen and oxygen atoms in total. The highest BCUT2D eigenvalue weighted by Gasteiger charge is 2.02. The van der Waals surface area contributed by atoms with Crippen LogP contribution in [0, 0.1) is 0 Å². The van der Waals surface area contributed by atoms with Crippen LogP contribution in [-0.2, 0) is 0 Å². The zero-order chi connectivity index (χ0) is 9.84. The molecule has 0 saturated heterocycles. The van der Waals surface area contributed by atoms with E-state index in [4.69, 9.17) is 17.3 Å². The van der Waals surface area contributed by atoms with Gasteiger partial charge in [0.25, 0.3) is 0 Å². The van der Waals surface area contributed by atoms with Crippen molar-refractivity contribution in [2.45, 2.75) is 13.8 Å². The first kappa shape index (κ1) is 9.80.